The highest BCUT2D eigenvalue weighted by Gasteiger charge is 2.07. The third-order valence-corrected chi connectivity index (χ3v) is 2.80. The molecular weight excluding hydrogens is 208 g/mol. The summed E-state index contributed by atoms with van der Waals surface area (Å²) in [5.41, 5.74) is 2.84. The van der Waals surface area contributed by atoms with Crippen molar-refractivity contribution >= 4 is 5.69 Å². The maximum absolute atomic E-state index is 3.51. The zero-order valence-corrected chi connectivity index (χ0v) is 11.9. The third kappa shape index (κ3) is 5.73. The van der Waals surface area contributed by atoms with Crippen LogP contribution in [0, 0.1) is 6.92 Å². The monoisotopic (exact) mass is 234 g/mol. The van der Waals surface area contributed by atoms with Crippen LogP contribution in [0.5, 0.6) is 0 Å². The topological polar surface area (TPSA) is 15.3 Å². The Morgan fingerprint density at radius 2 is 1.71 bits per heavy atom. The minimum absolute atomic E-state index is 0.225. The maximum atomic E-state index is 3.51. The lowest BCUT2D eigenvalue weighted by molar-refractivity contribution is 0.423. The predicted molar refractivity (Wildman–Crippen MR) is 76.8 cm³/mol. The second-order valence-electron chi connectivity index (χ2n) is 5.79. The predicted octanol–water partition coefficient (Wildman–Crippen LogP) is 3.21. The molecular formula is C15H26N2. The van der Waals surface area contributed by atoms with E-state index < -0.39 is 0 Å². The van der Waals surface area contributed by atoms with Gasteiger partial charge in [0.25, 0.3) is 0 Å². The fraction of sp³-hybridized carbons (Fsp3) is 0.600. The summed E-state index contributed by atoms with van der Waals surface area (Å²) in [4.78, 5) is 2.31. The molecule has 96 valence electrons. The lowest BCUT2D eigenvalue weighted by Gasteiger charge is -2.23. The van der Waals surface area contributed by atoms with E-state index >= 15 is 0 Å². The average molecular weight is 234 g/mol. The van der Waals surface area contributed by atoms with Gasteiger partial charge in [0, 0.05) is 24.8 Å². The molecule has 0 unspecified atom stereocenters. The highest BCUT2D eigenvalue weighted by atomic mass is 15.1. The molecule has 0 atom stereocenters. The van der Waals surface area contributed by atoms with Gasteiger partial charge in [0.05, 0.1) is 0 Å². The molecule has 0 aliphatic carbocycles. The van der Waals surface area contributed by atoms with E-state index in [4.69, 9.17) is 0 Å². The highest BCUT2D eigenvalue weighted by Crippen LogP contribution is 2.13. The summed E-state index contributed by atoms with van der Waals surface area (Å²) in [6.07, 6.45) is 1.17. The summed E-state index contributed by atoms with van der Waals surface area (Å²) in [6, 6.07) is 8.71. The van der Waals surface area contributed by atoms with Gasteiger partial charge in [-0.25, -0.2) is 0 Å². The quantitative estimate of drug-likeness (QED) is 0.787. The molecule has 0 fully saturated rings. The molecule has 0 saturated carbocycles. The SMILES string of the molecule is Cc1ccc(N(C)CCCNC(C)(C)C)cc1. The summed E-state index contributed by atoms with van der Waals surface area (Å²) >= 11 is 0. The largest absolute Gasteiger partial charge is 0.375 e. The summed E-state index contributed by atoms with van der Waals surface area (Å²) in [6.45, 7) is 10.9. The van der Waals surface area contributed by atoms with Crippen LogP contribution in [0.3, 0.4) is 0 Å². The van der Waals surface area contributed by atoms with Gasteiger partial charge < -0.3 is 10.2 Å². The van der Waals surface area contributed by atoms with Crippen LogP contribution in [0.15, 0.2) is 24.3 Å². The van der Waals surface area contributed by atoms with Crippen molar-refractivity contribution < 1.29 is 0 Å². The van der Waals surface area contributed by atoms with Gasteiger partial charge in [-0.1, -0.05) is 17.7 Å². The molecule has 1 aromatic rings. The summed E-state index contributed by atoms with van der Waals surface area (Å²) in [7, 11) is 2.15. The van der Waals surface area contributed by atoms with E-state index in [-0.39, 0.29) is 5.54 Å². The Balaban J connectivity index is 2.30. The molecule has 2 nitrogen and oxygen atoms in total. The van der Waals surface area contributed by atoms with Gasteiger partial charge in [0.15, 0.2) is 0 Å². The van der Waals surface area contributed by atoms with Gasteiger partial charge in [-0.3, -0.25) is 0 Å². The van der Waals surface area contributed by atoms with Crippen molar-refractivity contribution in [2.45, 2.75) is 39.7 Å². The normalized spacial score (nSPS) is 11.6. The number of benzene rings is 1. The fourth-order valence-corrected chi connectivity index (χ4v) is 1.71. The van der Waals surface area contributed by atoms with Crippen LogP contribution in [0.4, 0.5) is 5.69 Å². The van der Waals surface area contributed by atoms with Crippen LogP contribution in [0.25, 0.3) is 0 Å². The molecule has 0 heterocycles. The van der Waals surface area contributed by atoms with Gasteiger partial charge in [-0.15, -0.1) is 0 Å². The van der Waals surface area contributed by atoms with Crippen LogP contribution < -0.4 is 10.2 Å². The minimum Gasteiger partial charge on any atom is -0.375 e. The Labute approximate surface area is 106 Å². The molecule has 0 spiro atoms. The molecule has 0 aliphatic heterocycles. The smallest absolute Gasteiger partial charge is 0.0363 e. The number of rotatable bonds is 5. The van der Waals surface area contributed by atoms with Gasteiger partial charge in [0.1, 0.15) is 0 Å². The van der Waals surface area contributed by atoms with Crippen LogP contribution in [-0.4, -0.2) is 25.7 Å². The van der Waals surface area contributed by atoms with Gasteiger partial charge in [-0.2, -0.15) is 0 Å². The van der Waals surface area contributed by atoms with Gasteiger partial charge in [0.2, 0.25) is 0 Å². The van der Waals surface area contributed by atoms with Crippen LogP contribution >= 0.6 is 0 Å². The first-order chi connectivity index (χ1) is 7.88. The van der Waals surface area contributed by atoms with Gasteiger partial charge in [-0.05, 0) is 52.8 Å². The van der Waals surface area contributed by atoms with E-state index in [1.54, 1.807) is 0 Å². The van der Waals surface area contributed by atoms with E-state index in [0.717, 1.165) is 13.1 Å². The minimum atomic E-state index is 0.225. The van der Waals surface area contributed by atoms with E-state index in [1.807, 2.05) is 0 Å². The first-order valence-electron chi connectivity index (χ1n) is 6.41. The molecule has 1 rings (SSSR count). The summed E-state index contributed by atoms with van der Waals surface area (Å²) < 4.78 is 0. The molecule has 1 N–H and O–H groups in total. The van der Waals surface area contributed by atoms with Crippen molar-refractivity contribution in [3.63, 3.8) is 0 Å². The molecule has 2 heteroatoms. The molecule has 0 bridgehead atoms. The lowest BCUT2D eigenvalue weighted by atomic mass is 10.1. The molecule has 1 aromatic carbocycles. The number of nitrogens with one attached hydrogen (secondary N) is 1. The van der Waals surface area contributed by atoms with Crippen LogP contribution in [-0.2, 0) is 0 Å². The summed E-state index contributed by atoms with van der Waals surface area (Å²) in [5, 5.41) is 3.51. The second kappa shape index (κ2) is 6.06. The molecule has 0 amide bonds. The Bertz CT molecular complexity index is 322. The number of hydrogen-bond acceptors (Lipinski definition) is 2. The molecule has 0 aromatic heterocycles. The van der Waals surface area contributed by atoms with Crippen molar-refractivity contribution in [3.05, 3.63) is 29.8 Å². The van der Waals surface area contributed by atoms with E-state index in [1.165, 1.54) is 17.7 Å². The Kier molecular flexibility index (Phi) is 5.01. The van der Waals surface area contributed by atoms with E-state index in [2.05, 4.69) is 69.2 Å². The number of anilines is 1. The molecule has 0 aliphatic rings. The van der Waals surface area contributed by atoms with Crippen LogP contribution in [0.2, 0.25) is 0 Å². The Morgan fingerprint density at radius 3 is 2.24 bits per heavy atom. The van der Waals surface area contributed by atoms with Crippen molar-refractivity contribution in [3.8, 4) is 0 Å². The number of nitrogens with zero attached hydrogens (tertiary/aromatic N) is 1. The Hall–Kier alpha value is -1.02. The molecule has 0 saturated heterocycles. The highest BCUT2D eigenvalue weighted by molar-refractivity contribution is 5.46. The van der Waals surface area contributed by atoms with Crippen molar-refractivity contribution in [2.24, 2.45) is 0 Å². The van der Waals surface area contributed by atoms with Crippen molar-refractivity contribution in [1.82, 2.24) is 5.32 Å². The number of aryl methyl sites for hydroxylation is 1. The van der Waals surface area contributed by atoms with E-state index in [9.17, 15) is 0 Å². The van der Waals surface area contributed by atoms with Crippen molar-refractivity contribution in [2.75, 3.05) is 25.0 Å². The maximum Gasteiger partial charge on any atom is 0.0363 e. The zero-order valence-electron chi connectivity index (χ0n) is 11.9. The van der Waals surface area contributed by atoms with Gasteiger partial charge >= 0.3 is 0 Å². The van der Waals surface area contributed by atoms with Crippen molar-refractivity contribution in [1.29, 1.82) is 0 Å². The fourth-order valence-electron chi connectivity index (χ4n) is 1.71. The first-order valence-corrected chi connectivity index (χ1v) is 6.41. The molecule has 17 heavy (non-hydrogen) atoms. The number of hydrogen-bond donors (Lipinski definition) is 1. The summed E-state index contributed by atoms with van der Waals surface area (Å²) in [5.74, 6) is 0. The second-order valence-corrected chi connectivity index (χ2v) is 5.79. The lowest BCUT2D eigenvalue weighted by Crippen LogP contribution is -2.37. The Morgan fingerprint density at radius 1 is 1.12 bits per heavy atom. The molecule has 0 radical (unpaired) electrons. The zero-order chi connectivity index (χ0) is 12.9. The third-order valence-electron chi connectivity index (χ3n) is 2.80. The average Bonchev–Trinajstić information content (AvgIpc) is 2.24. The van der Waals surface area contributed by atoms with Crippen LogP contribution in [0.1, 0.15) is 32.8 Å². The standard InChI is InChI=1S/C15H26N2/c1-13-7-9-14(10-8-13)17(5)12-6-11-16-15(2,3)4/h7-10,16H,6,11-12H2,1-5H3. The van der Waals surface area contributed by atoms with E-state index in [0.29, 0.717) is 0 Å². The first kappa shape index (κ1) is 14.0.